The highest BCUT2D eigenvalue weighted by molar-refractivity contribution is 5.87. The van der Waals surface area contributed by atoms with Crippen LogP contribution in [0.3, 0.4) is 0 Å². The SMILES string of the molecule is CCCCCCCCCCCC(=O)NCC(=O)N/N=C\c1ccc(O)cc1O. The molecule has 0 saturated heterocycles. The predicted molar refractivity (Wildman–Crippen MR) is 110 cm³/mol. The summed E-state index contributed by atoms with van der Waals surface area (Å²) < 4.78 is 0. The zero-order chi connectivity index (χ0) is 20.6. The van der Waals surface area contributed by atoms with E-state index in [1.54, 1.807) is 0 Å². The number of hydrazone groups is 1. The topological polar surface area (TPSA) is 111 Å². The second kappa shape index (κ2) is 14.5. The lowest BCUT2D eigenvalue weighted by atomic mass is 10.1. The van der Waals surface area contributed by atoms with Gasteiger partial charge in [-0.25, -0.2) is 5.43 Å². The fourth-order valence-electron chi connectivity index (χ4n) is 2.72. The van der Waals surface area contributed by atoms with Crippen LogP contribution in [0.25, 0.3) is 0 Å². The molecule has 156 valence electrons. The van der Waals surface area contributed by atoms with Crippen molar-refractivity contribution in [3.8, 4) is 11.5 Å². The van der Waals surface area contributed by atoms with E-state index >= 15 is 0 Å². The number of phenols is 2. The van der Waals surface area contributed by atoms with Gasteiger partial charge in [0.2, 0.25) is 5.91 Å². The van der Waals surface area contributed by atoms with Crippen LogP contribution < -0.4 is 10.7 Å². The molecule has 28 heavy (non-hydrogen) atoms. The summed E-state index contributed by atoms with van der Waals surface area (Å²) in [6.07, 6.45) is 12.4. The maximum Gasteiger partial charge on any atom is 0.259 e. The second-order valence-corrected chi connectivity index (χ2v) is 6.89. The Bertz CT molecular complexity index is 632. The van der Waals surface area contributed by atoms with E-state index in [9.17, 15) is 19.8 Å². The molecule has 0 unspecified atom stereocenters. The molecule has 0 spiro atoms. The highest BCUT2D eigenvalue weighted by Gasteiger charge is 2.05. The zero-order valence-electron chi connectivity index (χ0n) is 16.7. The van der Waals surface area contributed by atoms with Crippen molar-refractivity contribution in [1.82, 2.24) is 10.7 Å². The number of nitrogens with one attached hydrogen (secondary N) is 2. The van der Waals surface area contributed by atoms with Gasteiger partial charge in [0.25, 0.3) is 5.91 Å². The first kappa shape index (κ1) is 23.5. The summed E-state index contributed by atoms with van der Waals surface area (Å²) >= 11 is 0. The third-order valence-corrected chi connectivity index (χ3v) is 4.36. The van der Waals surface area contributed by atoms with Crippen molar-refractivity contribution < 1.29 is 19.8 Å². The molecule has 0 fully saturated rings. The Balaban J connectivity index is 2.06. The van der Waals surface area contributed by atoms with Gasteiger partial charge in [-0.15, -0.1) is 0 Å². The standard InChI is InChI=1S/C21H33N3O4/c1-2-3-4-5-6-7-8-9-10-11-20(27)22-16-21(28)24-23-15-17-12-13-18(25)14-19(17)26/h12-15,25-26H,2-11,16H2,1H3,(H,22,27)(H,24,28)/b23-15-. The number of amides is 2. The van der Waals surface area contributed by atoms with E-state index in [4.69, 9.17) is 0 Å². The summed E-state index contributed by atoms with van der Waals surface area (Å²) in [6.45, 7) is 2.07. The van der Waals surface area contributed by atoms with Crippen molar-refractivity contribution in [2.45, 2.75) is 71.1 Å². The number of rotatable bonds is 14. The molecule has 4 N–H and O–H groups in total. The smallest absolute Gasteiger partial charge is 0.259 e. The predicted octanol–water partition coefficient (Wildman–Crippen LogP) is 3.59. The van der Waals surface area contributed by atoms with Crippen molar-refractivity contribution in [2.24, 2.45) is 5.10 Å². The number of hydrogen-bond donors (Lipinski definition) is 4. The first-order chi connectivity index (χ1) is 13.5. The Kier molecular flexibility index (Phi) is 12.1. The van der Waals surface area contributed by atoms with Crippen LogP contribution in [0.5, 0.6) is 11.5 Å². The number of hydrogen-bond acceptors (Lipinski definition) is 5. The minimum absolute atomic E-state index is 0.0617. The summed E-state index contributed by atoms with van der Waals surface area (Å²) in [4.78, 5) is 23.4. The Morgan fingerprint density at radius 2 is 1.61 bits per heavy atom. The Labute approximate surface area is 167 Å². The van der Waals surface area contributed by atoms with E-state index in [1.807, 2.05) is 0 Å². The second-order valence-electron chi connectivity index (χ2n) is 6.89. The van der Waals surface area contributed by atoms with Crippen LogP contribution in [-0.4, -0.2) is 34.8 Å². The van der Waals surface area contributed by atoms with Gasteiger partial charge in [0.1, 0.15) is 11.5 Å². The van der Waals surface area contributed by atoms with Crippen molar-refractivity contribution in [2.75, 3.05) is 6.54 Å². The number of carbonyl (C=O) groups is 2. The van der Waals surface area contributed by atoms with E-state index in [-0.39, 0.29) is 24.0 Å². The minimum Gasteiger partial charge on any atom is -0.508 e. The maximum absolute atomic E-state index is 11.7. The van der Waals surface area contributed by atoms with Crippen molar-refractivity contribution >= 4 is 18.0 Å². The lowest BCUT2D eigenvalue weighted by Crippen LogP contribution is -2.34. The average Bonchev–Trinajstić information content (AvgIpc) is 2.67. The molecule has 7 nitrogen and oxygen atoms in total. The Hall–Kier alpha value is -2.57. The lowest BCUT2D eigenvalue weighted by molar-refractivity contribution is -0.126. The zero-order valence-corrected chi connectivity index (χ0v) is 16.7. The minimum atomic E-state index is -0.449. The molecule has 0 bridgehead atoms. The molecule has 0 aliphatic carbocycles. The number of aromatic hydroxyl groups is 2. The molecule has 1 aromatic rings. The molecule has 0 saturated carbocycles. The van der Waals surface area contributed by atoms with Gasteiger partial charge in [-0.05, 0) is 18.6 Å². The van der Waals surface area contributed by atoms with Crippen LogP contribution in [0.2, 0.25) is 0 Å². The first-order valence-electron chi connectivity index (χ1n) is 10.1. The third kappa shape index (κ3) is 11.2. The van der Waals surface area contributed by atoms with Crippen LogP contribution in [0, 0.1) is 0 Å². The van der Waals surface area contributed by atoms with Gasteiger partial charge in [-0.3, -0.25) is 9.59 Å². The van der Waals surface area contributed by atoms with Crippen LogP contribution in [0.4, 0.5) is 0 Å². The van der Waals surface area contributed by atoms with Gasteiger partial charge in [-0.1, -0.05) is 58.3 Å². The van der Waals surface area contributed by atoms with Gasteiger partial charge in [0.05, 0.1) is 12.8 Å². The molecule has 1 rings (SSSR count). The van der Waals surface area contributed by atoms with Crippen molar-refractivity contribution in [3.63, 3.8) is 0 Å². The summed E-state index contributed by atoms with van der Waals surface area (Å²) in [7, 11) is 0. The summed E-state index contributed by atoms with van der Waals surface area (Å²) in [5, 5.41) is 25.1. The monoisotopic (exact) mass is 391 g/mol. The molecule has 7 heteroatoms. The normalized spacial score (nSPS) is 10.9. The van der Waals surface area contributed by atoms with Crippen LogP contribution in [0.1, 0.15) is 76.7 Å². The fraction of sp³-hybridized carbons (Fsp3) is 0.571. The van der Waals surface area contributed by atoms with E-state index in [2.05, 4.69) is 22.8 Å². The highest BCUT2D eigenvalue weighted by Crippen LogP contribution is 2.20. The fourth-order valence-corrected chi connectivity index (χ4v) is 2.72. The van der Waals surface area contributed by atoms with Gasteiger partial charge in [0, 0.05) is 18.1 Å². The van der Waals surface area contributed by atoms with Gasteiger partial charge >= 0.3 is 0 Å². The summed E-state index contributed by atoms with van der Waals surface area (Å²) in [5.74, 6) is -0.797. The molecular weight excluding hydrogens is 358 g/mol. The largest absolute Gasteiger partial charge is 0.508 e. The molecule has 0 atom stereocenters. The van der Waals surface area contributed by atoms with Crippen LogP contribution >= 0.6 is 0 Å². The first-order valence-corrected chi connectivity index (χ1v) is 10.1. The van der Waals surface area contributed by atoms with Crippen LogP contribution in [0.15, 0.2) is 23.3 Å². The summed E-state index contributed by atoms with van der Waals surface area (Å²) in [6, 6.07) is 4.04. The summed E-state index contributed by atoms with van der Waals surface area (Å²) in [5.41, 5.74) is 2.63. The molecule has 0 aliphatic rings. The maximum atomic E-state index is 11.7. The van der Waals surface area contributed by atoms with Gasteiger partial charge in [0.15, 0.2) is 0 Å². The number of nitrogens with zero attached hydrogens (tertiary/aromatic N) is 1. The molecule has 0 heterocycles. The number of unbranched alkanes of at least 4 members (excludes halogenated alkanes) is 8. The number of carbonyl (C=O) groups excluding carboxylic acids is 2. The molecule has 0 aliphatic heterocycles. The molecular formula is C21H33N3O4. The Morgan fingerprint density at radius 1 is 0.964 bits per heavy atom. The van der Waals surface area contributed by atoms with Crippen molar-refractivity contribution in [3.05, 3.63) is 23.8 Å². The van der Waals surface area contributed by atoms with Gasteiger partial charge in [-0.2, -0.15) is 5.10 Å². The molecule has 1 aromatic carbocycles. The molecule has 0 radical (unpaired) electrons. The van der Waals surface area contributed by atoms with E-state index < -0.39 is 5.91 Å². The molecule has 2 amide bonds. The number of benzene rings is 1. The van der Waals surface area contributed by atoms with Gasteiger partial charge < -0.3 is 15.5 Å². The van der Waals surface area contributed by atoms with Crippen molar-refractivity contribution in [1.29, 1.82) is 0 Å². The average molecular weight is 392 g/mol. The van der Waals surface area contributed by atoms with E-state index in [0.717, 1.165) is 19.3 Å². The van der Waals surface area contributed by atoms with E-state index in [0.29, 0.717) is 12.0 Å². The van der Waals surface area contributed by atoms with Crippen LogP contribution in [-0.2, 0) is 9.59 Å². The highest BCUT2D eigenvalue weighted by atomic mass is 16.3. The molecule has 0 aromatic heterocycles. The Morgan fingerprint density at radius 3 is 2.25 bits per heavy atom. The quantitative estimate of drug-likeness (QED) is 0.221. The lowest BCUT2D eigenvalue weighted by Gasteiger charge is -2.05. The van der Waals surface area contributed by atoms with E-state index in [1.165, 1.54) is 62.9 Å². The third-order valence-electron chi connectivity index (χ3n) is 4.36. The number of phenolic OH excluding ortho intramolecular Hbond substituents is 2.